The Bertz CT molecular complexity index is 406. The van der Waals surface area contributed by atoms with Gasteiger partial charge in [0.15, 0.2) is 0 Å². The Balaban J connectivity index is 2.43. The Morgan fingerprint density at radius 2 is 2.12 bits per heavy atom. The van der Waals surface area contributed by atoms with Gasteiger partial charge in [0.1, 0.15) is 0 Å². The zero-order valence-electron chi connectivity index (χ0n) is 9.28. The number of carboxylic acids is 1. The standard InChI is InChI=1S/C12H14ClNO3/c13-8-9-3-1-4-10(7-9)12(17)14-6-2-5-11(15)16/h1,3-4,7H,2,5-6,8H2,(H,14,17)(H,15,16). The Hall–Kier alpha value is -1.55. The van der Waals surface area contributed by atoms with Crippen LogP contribution in [0.5, 0.6) is 0 Å². The molecule has 2 N–H and O–H groups in total. The molecule has 92 valence electrons. The maximum Gasteiger partial charge on any atom is 0.303 e. The van der Waals surface area contributed by atoms with E-state index in [9.17, 15) is 9.59 Å². The molecule has 0 saturated heterocycles. The first-order valence-electron chi connectivity index (χ1n) is 5.28. The van der Waals surface area contributed by atoms with E-state index >= 15 is 0 Å². The SMILES string of the molecule is O=C(O)CCCNC(=O)c1cccc(CCl)c1. The van der Waals surface area contributed by atoms with Crippen molar-refractivity contribution in [3.8, 4) is 0 Å². The summed E-state index contributed by atoms with van der Waals surface area (Å²) in [7, 11) is 0. The number of hydrogen-bond donors (Lipinski definition) is 2. The Morgan fingerprint density at radius 3 is 2.76 bits per heavy atom. The molecule has 0 aliphatic carbocycles. The number of nitrogens with one attached hydrogen (secondary N) is 1. The highest BCUT2D eigenvalue weighted by molar-refractivity contribution is 6.17. The predicted octanol–water partition coefficient (Wildman–Crippen LogP) is 2.02. The minimum atomic E-state index is -0.858. The molecule has 0 bridgehead atoms. The normalized spacial score (nSPS) is 9.94. The van der Waals surface area contributed by atoms with Gasteiger partial charge in [0.2, 0.25) is 0 Å². The van der Waals surface area contributed by atoms with Gasteiger partial charge in [0, 0.05) is 24.4 Å². The van der Waals surface area contributed by atoms with E-state index in [1.165, 1.54) is 0 Å². The fourth-order valence-corrected chi connectivity index (χ4v) is 1.51. The summed E-state index contributed by atoms with van der Waals surface area (Å²) in [4.78, 5) is 21.9. The second kappa shape index (κ2) is 6.91. The minimum Gasteiger partial charge on any atom is -0.481 e. The van der Waals surface area contributed by atoms with Gasteiger partial charge in [0.05, 0.1) is 0 Å². The molecule has 5 heteroatoms. The van der Waals surface area contributed by atoms with Gasteiger partial charge in [0.25, 0.3) is 5.91 Å². The molecule has 0 aliphatic heterocycles. The van der Waals surface area contributed by atoms with Crippen molar-refractivity contribution in [2.75, 3.05) is 6.54 Å². The molecule has 0 spiro atoms. The van der Waals surface area contributed by atoms with Crippen LogP contribution in [0, 0.1) is 0 Å². The molecule has 0 fully saturated rings. The molecule has 0 saturated carbocycles. The molecule has 1 rings (SSSR count). The monoisotopic (exact) mass is 255 g/mol. The van der Waals surface area contributed by atoms with Gasteiger partial charge in [-0.25, -0.2) is 0 Å². The van der Waals surface area contributed by atoms with Crippen molar-refractivity contribution in [1.82, 2.24) is 5.32 Å². The van der Waals surface area contributed by atoms with Crippen LogP contribution in [0.1, 0.15) is 28.8 Å². The zero-order chi connectivity index (χ0) is 12.7. The molecule has 0 aliphatic rings. The molecule has 1 aromatic carbocycles. The van der Waals surface area contributed by atoms with Crippen molar-refractivity contribution in [1.29, 1.82) is 0 Å². The summed E-state index contributed by atoms with van der Waals surface area (Å²) in [6.45, 7) is 0.357. The molecule has 0 radical (unpaired) electrons. The molecule has 17 heavy (non-hydrogen) atoms. The highest BCUT2D eigenvalue weighted by atomic mass is 35.5. The average Bonchev–Trinajstić information content (AvgIpc) is 2.34. The number of rotatable bonds is 6. The second-order valence-electron chi connectivity index (χ2n) is 3.59. The number of carbonyl (C=O) groups excluding carboxylic acids is 1. The van der Waals surface area contributed by atoms with Crippen LogP contribution in [0.15, 0.2) is 24.3 Å². The lowest BCUT2D eigenvalue weighted by Crippen LogP contribution is -2.24. The van der Waals surface area contributed by atoms with Gasteiger partial charge < -0.3 is 10.4 Å². The molecular weight excluding hydrogens is 242 g/mol. The fraction of sp³-hybridized carbons (Fsp3) is 0.333. The third kappa shape index (κ3) is 4.87. The van der Waals surface area contributed by atoms with E-state index in [1.54, 1.807) is 18.2 Å². The third-order valence-corrected chi connectivity index (χ3v) is 2.51. The molecule has 0 unspecified atom stereocenters. The predicted molar refractivity (Wildman–Crippen MR) is 65.2 cm³/mol. The summed E-state index contributed by atoms with van der Waals surface area (Å²) >= 11 is 5.67. The maximum absolute atomic E-state index is 11.7. The van der Waals surface area contributed by atoms with Gasteiger partial charge in [-0.15, -0.1) is 11.6 Å². The van der Waals surface area contributed by atoms with Crippen LogP contribution in [-0.4, -0.2) is 23.5 Å². The number of benzene rings is 1. The maximum atomic E-state index is 11.7. The van der Waals surface area contributed by atoms with Crippen molar-refractivity contribution in [3.63, 3.8) is 0 Å². The van der Waals surface area contributed by atoms with E-state index in [2.05, 4.69) is 5.32 Å². The topological polar surface area (TPSA) is 66.4 Å². The minimum absolute atomic E-state index is 0.0575. The highest BCUT2D eigenvalue weighted by Crippen LogP contribution is 2.07. The van der Waals surface area contributed by atoms with Gasteiger partial charge in [-0.3, -0.25) is 9.59 Å². The number of amides is 1. The molecule has 0 aromatic heterocycles. The first-order chi connectivity index (χ1) is 8.13. The van der Waals surface area contributed by atoms with Gasteiger partial charge in [-0.05, 0) is 24.1 Å². The van der Waals surface area contributed by atoms with Crippen LogP contribution in [0.2, 0.25) is 0 Å². The van der Waals surface area contributed by atoms with Crippen LogP contribution in [0.25, 0.3) is 0 Å². The Morgan fingerprint density at radius 1 is 1.35 bits per heavy atom. The van der Waals surface area contributed by atoms with E-state index in [4.69, 9.17) is 16.7 Å². The smallest absolute Gasteiger partial charge is 0.303 e. The van der Waals surface area contributed by atoms with E-state index in [0.717, 1.165) is 5.56 Å². The van der Waals surface area contributed by atoms with Crippen molar-refractivity contribution in [2.24, 2.45) is 0 Å². The third-order valence-electron chi connectivity index (χ3n) is 2.20. The molecule has 4 nitrogen and oxygen atoms in total. The summed E-state index contributed by atoms with van der Waals surface area (Å²) < 4.78 is 0. The Labute approximate surface area is 105 Å². The summed E-state index contributed by atoms with van der Waals surface area (Å²) in [5.41, 5.74) is 1.42. The highest BCUT2D eigenvalue weighted by Gasteiger charge is 2.05. The molecule has 1 amide bonds. The van der Waals surface area contributed by atoms with Crippen LogP contribution in [-0.2, 0) is 10.7 Å². The lowest BCUT2D eigenvalue weighted by Gasteiger charge is -2.05. The van der Waals surface area contributed by atoms with Crippen LogP contribution in [0.4, 0.5) is 0 Å². The van der Waals surface area contributed by atoms with Crippen LogP contribution < -0.4 is 5.32 Å². The quantitative estimate of drug-likeness (QED) is 0.604. The van der Waals surface area contributed by atoms with Crippen LogP contribution >= 0.6 is 11.6 Å². The van der Waals surface area contributed by atoms with Gasteiger partial charge in [-0.1, -0.05) is 12.1 Å². The van der Waals surface area contributed by atoms with E-state index in [1.807, 2.05) is 6.07 Å². The second-order valence-corrected chi connectivity index (χ2v) is 3.85. The molecule has 1 aromatic rings. The van der Waals surface area contributed by atoms with E-state index in [-0.39, 0.29) is 12.3 Å². The Kier molecular flexibility index (Phi) is 5.49. The largest absolute Gasteiger partial charge is 0.481 e. The number of hydrogen-bond acceptors (Lipinski definition) is 2. The lowest BCUT2D eigenvalue weighted by molar-refractivity contribution is -0.137. The number of carbonyl (C=O) groups is 2. The first-order valence-corrected chi connectivity index (χ1v) is 5.82. The molecule has 0 atom stereocenters. The van der Waals surface area contributed by atoms with E-state index in [0.29, 0.717) is 24.4 Å². The van der Waals surface area contributed by atoms with E-state index < -0.39 is 5.97 Å². The number of halogens is 1. The van der Waals surface area contributed by atoms with Crippen molar-refractivity contribution in [2.45, 2.75) is 18.7 Å². The van der Waals surface area contributed by atoms with Crippen molar-refractivity contribution < 1.29 is 14.7 Å². The summed E-state index contributed by atoms with van der Waals surface area (Å²) in [6, 6.07) is 7.03. The number of aliphatic carboxylic acids is 1. The average molecular weight is 256 g/mol. The van der Waals surface area contributed by atoms with Crippen molar-refractivity contribution in [3.05, 3.63) is 35.4 Å². The van der Waals surface area contributed by atoms with Crippen LogP contribution in [0.3, 0.4) is 0 Å². The summed E-state index contributed by atoms with van der Waals surface area (Å²) in [6.07, 6.45) is 0.484. The van der Waals surface area contributed by atoms with Gasteiger partial charge >= 0.3 is 5.97 Å². The number of alkyl halides is 1. The van der Waals surface area contributed by atoms with Gasteiger partial charge in [-0.2, -0.15) is 0 Å². The summed E-state index contributed by atoms with van der Waals surface area (Å²) in [5, 5.41) is 11.1. The zero-order valence-corrected chi connectivity index (χ0v) is 10.0. The molecule has 0 heterocycles. The molecular formula is C12H14ClNO3. The lowest BCUT2D eigenvalue weighted by atomic mass is 10.1. The first kappa shape index (κ1) is 13.5. The number of carboxylic acid groups (broad SMARTS) is 1. The fourth-order valence-electron chi connectivity index (χ4n) is 1.34. The van der Waals surface area contributed by atoms with Crippen molar-refractivity contribution >= 4 is 23.5 Å². The summed E-state index contributed by atoms with van der Waals surface area (Å²) in [5.74, 6) is -0.703.